The van der Waals surface area contributed by atoms with E-state index in [1.54, 1.807) is 29.5 Å². The number of hydrogen-bond donors (Lipinski definition) is 4. The Kier molecular flexibility index (Phi) is 16.1. The maximum atomic E-state index is 14.3. The molecule has 11 rings (SSSR count). The molecule has 2 amide bonds. The number of para-hydroxylation sites is 1. The van der Waals surface area contributed by atoms with Crippen molar-refractivity contribution < 1.29 is 33.8 Å². The van der Waals surface area contributed by atoms with E-state index in [0.717, 1.165) is 104 Å². The fourth-order valence-corrected chi connectivity index (χ4v) is 14.8. The summed E-state index contributed by atoms with van der Waals surface area (Å²) in [6.07, 6.45) is 7.45. The molecule has 4 aliphatic heterocycles. The lowest BCUT2D eigenvalue weighted by Gasteiger charge is -2.46. The number of aromatic hydroxyl groups is 1. The van der Waals surface area contributed by atoms with Crippen LogP contribution in [0.3, 0.4) is 0 Å². The summed E-state index contributed by atoms with van der Waals surface area (Å²) in [5, 5.41) is 37.2. The Balaban J connectivity index is 0.620. The Morgan fingerprint density at radius 2 is 1.73 bits per heavy atom. The van der Waals surface area contributed by atoms with Gasteiger partial charge in [0.05, 0.1) is 46.2 Å². The number of carbonyl (C=O) groups excluding carboxylic acids is 2. The molecule has 4 aromatic heterocycles. The number of aliphatic hydroxyl groups excluding tert-OH is 1. The van der Waals surface area contributed by atoms with Crippen LogP contribution in [0.1, 0.15) is 102 Å². The van der Waals surface area contributed by atoms with E-state index >= 15 is 0 Å². The molecule has 5 N–H and O–H groups in total. The highest BCUT2D eigenvalue weighted by Crippen LogP contribution is 2.43. The quantitative estimate of drug-likeness (QED) is 0.0466. The minimum absolute atomic E-state index is 0.0577. The van der Waals surface area contributed by atoms with Gasteiger partial charge in [-0.1, -0.05) is 72.8 Å². The molecule has 4 saturated heterocycles. The number of ether oxygens (including phenoxy) is 2. The highest BCUT2D eigenvalue weighted by molar-refractivity contribution is 14.1. The van der Waals surface area contributed by atoms with Crippen LogP contribution < -0.4 is 30.3 Å². The number of amides is 2. The first-order valence-electron chi connectivity index (χ1n) is 27.9. The summed E-state index contributed by atoms with van der Waals surface area (Å²) >= 11 is 4.24. The number of piperidine rings is 1. The Labute approximate surface area is 479 Å². The number of β-amino-alcohol motifs (C(OH)–C–C–N with tert-alkyl or cyclic N) is 1. The summed E-state index contributed by atoms with van der Waals surface area (Å²) in [5.74, 6) is 1.50. The summed E-state index contributed by atoms with van der Waals surface area (Å²) in [6, 6.07) is 22.6. The van der Waals surface area contributed by atoms with E-state index in [2.05, 4.69) is 87.0 Å². The lowest BCUT2D eigenvalue weighted by Crippen LogP contribution is -2.54. The van der Waals surface area contributed by atoms with Crippen LogP contribution in [0.5, 0.6) is 17.5 Å². The number of nitrogens with zero attached hydrogens (tertiary/aromatic N) is 9. The minimum atomic E-state index is -0.825. The summed E-state index contributed by atoms with van der Waals surface area (Å²) in [7, 11) is 0. The molecule has 0 spiro atoms. The van der Waals surface area contributed by atoms with Gasteiger partial charge in [-0.05, 0) is 124 Å². The van der Waals surface area contributed by atoms with Crippen LogP contribution in [0, 0.1) is 24.7 Å². The first-order valence-corrected chi connectivity index (χ1v) is 29.9. The number of thiazole rings is 1. The molecule has 418 valence electrons. The number of aryl methyl sites for hydroxylation is 1. The number of pyridine rings is 1. The SMILES string of the molecule is Cc1ncsc1-c1ccc([C@H](C)NC(=O)[C@@H]2C[C@@H](O)CN2C(=O)[C@H](c2cc(OCC[C@@H]3CCN(CC4CC(Oc5cc(N6C7CCC6CN(c6cc(-c8ccccc8O)nnc6N)C7)ccn5)C4)C[C@@]3(C)I)no2)C(C)C)cc1. The normalized spacial score (nSPS) is 25.8. The third kappa shape index (κ3) is 11.9. The monoisotopic (exact) mass is 1210 g/mol. The second kappa shape index (κ2) is 23.2. The fourth-order valence-electron chi connectivity index (χ4n) is 12.9. The number of benzene rings is 2. The molecule has 18 nitrogen and oxygen atoms in total. The second-order valence-electron chi connectivity index (χ2n) is 23.1. The molecule has 8 heterocycles. The molecule has 0 radical (unpaired) electrons. The summed E-state index contributed by atoms with van der Waals surface area (Å²) in [4.78, 5) is 47.2. The highest BCUT2D eigenvalue weighted by Gasteiger charge is 2.45. The molecule has 2 unspecified atom stereocenters. The van der Waals surface area contributed by atoms with Gasteiger partial charge < -0.3 is 54.9 Å². The smallest absolute Gasteiger partial charge is 0.254 e. The number of fused-ring (bicyclic) bond motifs is 2. The molecule has 8 atom stereocenters. The topological polar surface area (TPSA) is 222 Å². The number of halogens is 1. The van der Waals surface area contributed by atoms with Crippen molar-refractivity contribution in [2.75, 3.05) is 61.4 Å². The van der Waals surface area contributed by atoms with Crippen LogP contribution in [-0.4, -0.2) is 137 Å². The van der Waals surface area contributed by atoms with Crippen molar-refractivity contribution in [2.45, 2.75) is 125 Å². The number of nitrogens with two attached hydrogens (primary N) is 1. The fraction of sp³-hybridized carbons (Fsp3) is 0.508. The van der Waals surface area contributed by atoms with Crippen molar-refractivity contribution >= 4 is 62.9 Å². The third-order valence-electron chi connectivity index (χ3n) is 17.1. The Hall–Kier alpha value is -6.10. The lowest BCUT2D eigenvalue weighted by molar-refractivity contribution is -0.141. The average molecular weight is 1210 g/mol. The molecule has 2 aromatic carbocycles. The van der Waals surface area contributed by atoms with Crippen molar-refractivity contribution in [1.82, 2.24) is 40.4 Å². The number of aliphatic hydroxyl groups is 1. The number of phenolic OH excluding ortho intramolecular Hbond substituents is 1. The van der Waals surface area contributed by atoms with Crippen LogP contribution in [0.15, 0.2) is 89.0 Å². The zero-order valence-electron chi connectivity index (χ0n) is 45.6. The van der Waals surface area contributed by atoms with E-state index in [1.807, 2.05) is 81.9 Å². The van der Waals surface area contributed by atoms with Crippen molar-refractivity contribution in [3.63, 3.8) is 0 Å². The molecule has 1 saturated carbocycles. The molecule has 20 heteroatoms. The molecule has 79 heavy (non-hydrogen) atoms. The first-order chi connectivity index (χ1) is 38.0. The van der Waals surface area contributed by atoms with Gasteiger partial charge >= 0.3 is 0 Å². The molecule has 6 aromatic rings. The van der Waals surface area contributed by atoms with E-state index in [4.69, 9.17) is 19.7 Å². The van der Waals surface area contributed by atoms with Crippen LogP contribution in [0.2, 0.25) is 0 Å². The summed E-state index contributed by atoms with van der Waals surface area (Å²) in [6.45, 7) is 15.4. The van der Waals surface area contributed by atoms with Gasteiger partial charge in [-0.3, -0.25) is 9.59 Å². The summed E-state index contributed by atoms with van der Waals surface area (Å²) in [5.41, 5.74) is 14.5. The molecular formula is C59H72IN11O7S. The number of nitrogens with one attached hydrogen (secondary N) is 1. The van der Waals surface area contributed by atoms with Gasteiger partial charge in [0.1, 0.15) is 23.8 Å². The van der Waals surface area contributed by atoms with Crippen molar-refractivity contribution in [3.8, 4) is 39.2 Å². The molecule has 5 aliphatic rings. The molecule has 5 fully saturated rings. The van der Waals surface area contributed by atoms with Gasteiger partial charge in [0.2, 0.25) is 17.7 Å². The number of nitrogen functional groups attached to an aromatic ring is 1. The van der Waals surface area contributed by atoms with Crippen LogP contribution in [-0.2, 0) is 9.59 Å². The van der Waals surface area contributed by atoms with Crippen molar-refractivity contribution in [1.29, 1.82) is 0 Å². The average Bonchev–Trinajstić information content (AvgIpc) is 4.25. The highest BCUT2D eigenvalue weighted by atomic mass is 127. The van der Waals surface area contributed by atoms with Gasteiger partial charge in [-0.2, -0.15) is 0 Å². The number of piperazine rings is 1. The van der Waals surface area contributed by atoms with E-state index in [-0.39, 0.29) is 52.0 Å². The van der Waals surface area contributed by atoms with E-state index in [9.17, 15) is 19.8 Å². The number of alkyl halides is 1. The number of aromatic nitrogens is 5. The molecular weight excluding hydrogens is 1130 g/mol. The molecule has 1 aliphatic carbocycles. The second-order valence-corrected chi connectivity index (χ2v) is 26.4. The zero-order valence-corrected chi connectivity index (χ0v) is 48.6. The number of carbonyl (C=O) groups is 2. The first kappa shape index (κ1) is 54.8. The van der Waals surface area contributed by atoms with Crippen LogP contribution in [0.4, 0.5) is 17.2 Å². The van der Waals surface area contributed by atoms with Gasteiger partial charge in [0.15, 0.2) is 11.6 Å². The molecule has 2 bridgehead atoms. The van der Waals surface area contributed by atoms with Gasteiger partial charge in [0, 0.05) is 84.2 Å². The maximum Gasteiger partial charge on any atom is 0.254 e. The minimum Gasteiger partial charge on any atom is -0.507 e. The van der Waals surface area contributed by atoms with Gasteiger partial charge in [0.25, 0.3) is 5.88 Å². The number of hydrogen-bond acceptors (Lipinski definition) is 17. The van der Waals surface area contributed by atoms with Crippen molar-refractivity contribution in [3.05, 3.63) is 102 Å². The lowest BCUT2D eigenvalue weighted by atomic mass is 9.80. The maximum absolute atomic E-state index is 14.3. The number of likely N-dealkylation sites (tertiary alicyclic amines) is 2. The van der Waals surface area contributed by atoms with E-state index in [0.29, 0.717) is 65.1 Å². The largest absolute Gasteiger partial charge is 0.507 e. The van der Waals surface area contributed by atoms with E-state index in [1.165, 1.54) is 4.90 Å². The van der Waals surface area contributed by atoms with Gasteiger partial charge in [-0.15, -0.1) is 21.5 Å². The van der Waals surface area contributed by atoms with Crippen LogP contribution >= 0.6 is 33.9 Å². The van der Waals surface area contributed by atoms with E-state index < -0.39 is 18.1 Å². The zero-order chi connectivity index (χ0) is 55.1. The Morgan fingerprint density at radius 1 is 0.962 bits per heavy atom. The van der Waals surface area contributed by atoms with Crippen molar-refractivity contribution in [2.24, 2.45) is 17.8 Å². The predicted molar refractivity (Wildman–Crippen MR) is 313 cm³/mol. The third-order valence-corrected chi connectivity index (χ3v) is 19.3. The Bertz CT molecular complexity index is 3100. The predicted octanol–water partition coefficient (Wildman–Crippen LogP) is 8.82. The van der Waals surface area contributed by atoms with Gasteiger partial charge in [-0.25, -0.2) is 9.97 Å². The number of phenols is 1. The Morgan fingerprint density at radius 3 is 2.46 bits per heavy atom. The number of anilines is 3. The standard InChI is InChI=1S/C59H72IN11O7S/c1-34(2)54(58(75)70-31-44(72)25-49(70)57(74)64-35(3)38-10-12-39(13-11-38)55-36(4)63-33-79-55)51-27-53(67-78-51)76-21-18-40-17-20-68(32-59(40,5)60)28-37-22-45(23-37)77-52-24-41(16-19-62-52)71-42-14-15-43(71)30-69(29-42)48-26-47(65-66-56(48)61)46-8-6-7-9-50(46)73/h6-13,16,19,24,26-27,33-35,37,40,42-45,49,54,72-73H,14-15,17-18,20-23,25,28-32H2,1-5H3,(H2,61,66)(H,64,74)/t35-,37?,40-,42?,43?,44+,45?,49-,54-,59+/m0/s1. The van der Waals surface area contributed by atoms with Crippen LogP contribution in [0.25, 0.3) is 21.7 Å². The number of rotatable bonds is 18. The summed E-state index contributed by atoms with van der Waals surface area (Å²) < 4.78 is 18.6.